The molecular weight excluding hydrogens is 266 g/mol. The summed E-state index contributed by atoms with van der Waals surface area (Å²) < 4.78 is 7.10. The monoisotopic (exact) mass is 279 g/mol. The maximum atomic E-state index is 6.01. The third kappa shape index (κ3) is 2.29. The lowest BCUT2D eigenvalue weighted by Gasteiger charge is -2.34. The fraction of sp³-hybridized carbons (Fsp3) is 0.417. The molecule has 7 heteroatoms. The first-order valence-electron chi connectivity index (χ1n) is 6.04. The molecule has 0 aliphatic heterocycles. The number of halogens is 1. The number of anilines is 1. The van der Waals surface area contributed by atoms with Crippen molar-refractivity contribution in [1.82, 2.24) is 20.2 Å². The van der Waals surface area contributed by atoms with Gasteiger partial charge in [-0.3, -0.25) is 0 Å². The van der Waals surface area contributed by atoms with Crippen molar-refractivity contribution in [3.8, 4) is 11.4 Å². The Morgan fingerprint density at radius 2 is 2.16 bits per heavy atom. The maximum Gasteiger partial charge on any atom is 0.182 e. The summed E-state index contributed by atoms with van der Waals surface area (Å²) in [6.45, 7) is 0. The Labute approximate surface area is 115 Å². The van der Waals surface area contributed by atoms with Crippen LogP contribution >= 0.6 is 11.6 Å². The highest BCUT2D eigenvalue weighted by molar-refractivity contribution is 6.31. The molecule has 0 amide bonds. The number of nitrogens with zero attached hydrogens (tertiary/aromatic N) is 4. The molecule has 6 nitrogen and oxygen atoms in total. The predicted octanol–water partition coefficient (Wildman–Crippen LogP) is 1.93. The number of ether oxygens (including phenoxy) is 1. The van der Waals surface area contributed by atoms with Crippen LogP contribution in [0.4, 0.5) is 5.69 Å². The molecule has 1 saturated carbocycles. The number of nitrogens with two attached hydrogens (primary N) is 1. The van der Waals surface area contributed by atoms with Crippen LogP contribution in [0.25, 0.3) is 11.4 Å². The first-order valence-corrected chi connectivity index (χ1v) is 6.42. The van der Waals surface area contributed by atoms with Crippen LogP contribution in [0, 0.1) is 0 Å². The average Bonchev–Trinajstić information content (AvgIpc) is 2.75. The lowest BCUT2D eigenvalue weighted by molar-refractivity contribution is 0.00248. The molecule has 3 rings (SSSR count). The second-order valence-corrected chi connectivity index (χ2v) is 5.14. The topological polar surface area (TPSA) is 78.8 Å². The van der Waals surface area contributed by atoms with Gasteiger partial charge in [-0.2, -0.15) is 0 Å². The average molecular weight is 280 g/mol. The molecular formula is C12H14ClN5O. The van der Waals surface area contributed by atoms with Crippen molar-refractivity contribution in [2.45, 2.75) is 25.0 Å². The van der Waals surface area contributed by atoms with Crippen LogP contribution in [-0.2, 0) is 4.74 Å². The van der Waals surface area contributed by atoms with Gasteiger partial charge in [0.15, 0.2) is 5.82 Å². The van der Waals surface area contributed by atoms with E-state index in [9.17, 15) is 0 Å². The van der Waals surface area contributed by atoms with Crippen molar-refractivity contribution < 1.29 is 4.74 Å². The van der Waals surface area contributed by atoms with Gasteiger partial charge in [0.2, 0.25) is 0 Å². The van der Waals surface area contributed by atoms with Crippen LogP contribution in [0.15, 0.2) is 18.2 Å². The van der Waals surface area contributed by atoms with Crippen LogP contribution < -0.4 is 5.73 Å². The number of aromatic nitrogens is 4. The second kappa shape index (κ2) is 4.79. The zero-order chi connectivity index (χ0) is 13.4. The molecule has 1 aromatic heterocycles. The largest absolute Gasteiger partial charge is 0.399 e. The molecule has 0 spiro atoms. The first kappa shape index (κ1) is 12.4. The fourth-order valence-electron chi connectivity index (χ4n) is 2.30. The molecule has 1 heterocycles. The Hall–Kier alpha value is -1.66. The van der Waals surface area contributed by atoms with E-state index in [-0.39, 0.29) is 6.04 Å². The first-order chi connectivity index (χ1) is 9.17. The van der Waals surface area contributed by atoms with E-state index in [1.165, 1.54) is 0 Å². The molecule has 1 aliphatic rings. The summed E-state index contributed by atoms with van der Waals surface area (Å²) >= 11 is 6.01. The standard InChI is InChI=1S/C12H14ClN5O/c1-19-11-5-10(6-11)18-12(15-16-17-18)7-2-8(13)4-9(14)3-7/h2-4,10-11H,5-6,14H2,1H3. The van der Waals surface area contributed by atoms with E-state index < -0.39 is 0 Å². The summed E-state index contributed by atoms with van der Waals surface area (Å²) in [5.74, 6) is 0.689. The van der Waals surface area contributed by atoms with Crippen molar-refractivity contribution in [2.24, 2.45) is 0 Å². The quantitative estimate of drug-likeness (QED) is 0.869. The van der Waals surface area contributed by atoms with Gasteiger partial charge in [-0.1, -0.05) is 11.6 Å². The minimum Gasteiger partial charge on any atom is -0.399 e. The van der Waals surface area contributed by atoms with E-state index in [0.29, 0.717) is 22.6 Å². The summed E-state index contributed by atoms with van der Waals surface area (Å²) in [4.78, 5) is 0. The molecule has 1 aliphatic carbocycles. The number of hydrogen-bond donors (Lipinski definition) is 1. The Morgan fingerprint density at radius 1 is 1.37 bits per heavy atom. The normalized spacial score (nSPS) is 22.2. The predicted molar refractivity (Wildman–Crippen MR) is 71.7 cm³/mol. The zero-order valence-electron chi connectivity index (χ0n) is 10.5. The van der Waals surface area contributed by atoms with Crippen molar-refractivity contribution in [2.75, 3.05) is 12.8 Å². The smallest absolute Gasteiger partial charge is 0.182 e. The molecule has 0 bridgehead atoms. The second-order valence-electron chi connectivity index (χ2n) is 4.70. The van der Waals surface area contributed by atoms with Crippen LogP contribution in [0.5, 0.6) is 0 Å². The summed E-state index contributed by atoms with van der Waals surface area (Å²) in [5, 5.41) is 12.5. The van der Waals surface area contributed by atoms with Gasteiger partial charge in [0.25, 0.3) is 0 Å². The number of tetrazole rings is 1. The molecule has 2 N–H and O–H groups in total. The molecule has 100 valence electrons. The van der Waals surface area contributed by atoms with Gasteiger partial charge in [-0.25, -0.2) is 4.68 Å². The minimum absolute atomic E-state index is 0.273. The van der Waals surface area contributed by atoms with Gasteiger partial charge < -0.3 is 10.5 Å². The van der Waals surface area contributed by atoms with E-state index >= 15 is 0 Å². The summed E-state index contributed by atoms with van der Waals surface area (Å²) in [5.41, 5.74) is 7.23. The van der Waals surface area contributed by atoms with Crippen LogP contribution in [0.1, 0.15) is 18.9 Å². The Morgan fingerprint density at radius 3 is 2.84 bits per heavy atom. The van der Waals surface area contributed by atoms with E-state index in [4.69, 9.17) is 22.1 Å². The third-order valence-corrected chi connectivity index (χ3v) is 3.64. The minimum atomic E-state index is 0.273. The fourth-order valence-corrected chi connectivity index (χ4v) is 2.54. The molecule has 1 aromatic carbocycles. The van der Waals surface area contributed by atoms with Crippen molar-refractivity contribution in [1.29, 1.82) is 0 Å². The van der Waals surface area contributed by atoms with Crippen LogP contribution in [-0.4, -0.2) is 33.4 Å². The summed E-state index contributed by atoms with van der Waals surface area (Å²) in [6.07, 6.45) is 2.14. The van der Waals surface area contributed by atoms with Crippen LogP contribution in [0.2, 0.25) is 5.02 Å². The van der Waals surface area contributed by atoms with Crippen molar-refractivity contribution >= 4 is 17.3 Å². The maximum absolute atomic E-state index is 6.01. The molecule has 1 fully saturated rings. The van der Waals surface area contributed by atoms with Gasteiger partial charge in [0, 0.05) is 23.4 Å². The Kier molecular flexibility index (Phi) is 3.12. The molecule has 2 aromatic rings. The molecule has 0 radical (unpaired) electrons. The number of benzene rings is 1. The number of rotatable bonds is 3. The Balaban J connectivity index is 1.92. The van der Waals surface area contributed by atoms with Gasteiger partial charge >= 0.3 is 0 Å². The summed E-state index contributed by atoms with van der Waals surface area (Å²) in [6, 6.07) is 5.60. The van der Waals surface area contributed by atoms with Crippen molar-refractivity contribution in [3.05, 3.63) is 23.2 Å². The van der Waals surface area contributed by atoms with E-state index in [2.05, 4.69) is 15.5 Å². The number of methoxy groups -OCH3 is 1. The van der Waals surface area contributed by atoms with E-state index in [1.807, 2.05) is 16.8 Å². The van der Waals surface area contributed by atoms with Crippen molar-refractivity contribution in [3.63, 3.8) is 0 Å². The van der Waals surface area contributed by atoms with Gasteiger partial charge in [-0.05, 0) is 41.5 Å². The highest BCUT2D eigenvalue weighted by Crippen LogP contribution is 2.36. The van der Waals surface area contributed by atoms with Crippen LogP contribution in [0.3, 0.4) is 0 Å². The highest BCUT2D eigenvalue weighted by atomic mass is 35.5. The number of hydrogen-bond acceptors (Lipinski definition) is 5. The molecule has 0 unspecified atom stereocenters. The van der Waals surface area contributed by atoms with Gasteiger partial charge in [0.1, 0.15) is 0 Å². The Bertz CT molecular complexity index is 573. The summed E-state index contributed by atoms with van der Waals surface area (Å²) in [7, 11) is 1.72. The molecule has 0 saturated heterocycles. The SMILES string of the molecule is COC1CC(n2nnnc2-c2cc(N)cc(Cl)c2)C1. The lowest BCUT2D eigenvalue weighted by atomic mass is 9.89. The molecule has 0 atom stereocenters. The van der Waals surface area contributed by atoms with E-state index in [1.54, 1.807) is 13.2 Å². The zero-order valence-corrected chi connectivity index (χ0v) is 11.2. The highest BCUT2D eigenvalue weighted by Gasteiger charge is 2.33. The van der Waals surface area contributed by atoms with Gasteiger partial charge in [-0.15, -0.1) is 5.10 Å². The lowest BCUT2D eigenvalue weighted by Crippen LogP contribution is -2.33. The molecule has 19 heavy (non-hydrogen) atoms. The number of nitrogen functional groups attached to an aromatic ring is 1. The van der Waals surface area contributed by atoms with E-state index in [0.717, 1.165) is 18.4 Å². The van der Waals surface area contributed by atoms with Gasteiger partial charge in [0.05, 0.1) is 12.1 Å². The third-order valence-electron chi connectivity index (χ3n) is 3.42.